The molecule has 0 bridgehead atoms. The number of halogens is 1. The number of carbonyl (C=O) groups is 2. The molecule has 0 rings (SSSR count). The molecule has 5 heteroatoms. The van der Waals surface area contributed by atoms with Crippen LogP contribution in [0.3, 0.4) is 0 Å². The average molecular weight is 231 g/mol. The zero-order valence-corrected chi connectivity index (χ0v) is 9.93. The van der Waals surface area contributed by atoms with Crippen LogP contribution in [0, 0.1) is 0 Å². The Kier molecular flexibility index (Phi) is 5.71. The number of alkyl carbamates (subject to hydrolysis) is 1. The lowest BCUT2D eigenvalue weighted by molar-refractivity contribution is -0.118. The Morgan fingerprint density at radius 2 is 1.88 bits per heavy atom. The van der Waals surface area contributed by atoms with E-state index < -0.39 is 17.5 Å². The van der Waals surface area contributed by atoms with Crippen LogP contribution in [0.15, 0.2) is 12.4 Å². The molecule has 0 aromatic heterocycles. The molecule has 0 unspecified atom stereocenters. The summed E-state index contributed by atoms with van der Waals surface area (Å²) in [6, 6.07) is 0. The van der Waals surface area contributed by atoms with Gasteiger partial charge in [-0.1, -0.05) is 6.58 Å². The van der Waals surface area contributed by atoms with Crippen LogP contribution in [0.25, 0.3) is 0 Å². The van der Waals surface area contributed by atoms with Crippen molar-refractivity contribution in [3.8, 4) is 0 Å². The lowest BCUT2D eigenvalue weighted by Gasteiger charge is -2.19. The molecule has 92 valence electrons. The van der Waals surface area contributed by atoms with E-state index in [1.807, 2.05) is 0 Å². The van der Waals surface area contributed by atoms with Gasteiger partial charge in [0.2, 0.25) is 0 Å². The number of amides is 1. The maximum Gasteiger partial charge on any atom is 0.408 e. The van der Waals surface area contributed by atoms with Crippen LogP contribution in [0.1, 0.15) is 33.6 Å². The monoisotopic (exact) mass is 231 g/mol. The second-order valence-corrected chi connectivity index (χ2v) is 4.41. The van der Waals surface area contributed by atoms with E-state index in [-0.39, 0.29) is 25.2 Å². The lowest BCUT2D eigenvalue weighted by atomic mass is 10.2. The summed E-state index contributed by atoms with van der Waals surface area (Å²) in [5.74, 6) is -0.796. The molecule has 0 atom stereocenters. The highest BCUT2D eigenvalue weighted by molar-refractivity contribution is 5.84. The van der Waals surface area contributed by atoms with Gasteiger partial charge in [0.25, 0.3) is 0 Å². The van der Waals surface area contributed by atoms with Crippen LogP contribution >= 0.6 is 0 Å². The first-order chi connectivity index (χ1) is 7.20. The SMILES string of the molecule is C=C(F)CCC(=O)CNC(=O)OC(C)(C)C. The average Bonchev–Trinajstić information content (AvgIpc) is 2.08. The summed E-state index contributed by atoms with van der Waals surface area (Å²) in [5.41, 5.74) is -0.597. The Morgan fingerprint density at radius 3 is 2.31 bits per heavy atom. The molecule has 0 radical (unpaired) electrons. The molecule has 0 saturated carbocycles. The van der Waals surface area contributed by atoms with Gasteiger partial charge in [-0.3, -0.25) is 4.79 Å². The van der Waals surface area contributed by atoms with Crippen molar-refractivity contribution in [3.05, 3.63) is 12.4 Å². The molecule has 16 heavy (non-hydrogen) atoms. The quantitative estimate of drug-likeness (QED) is 0.790. The third kappa shape index (κ3) is 9.18. The van der Waals surface area contributed by atoms with E-state index in [1.165, 1.54) is 0 Å². The molecule has 1 N–H and O–H groups in total. The van der Waals surface area contributed by atoms with Crippen LogP contribution in [0.2, 0.25) is 0 Å². The predicted octanol–water partition coefficient (Wildman–Crippen LogP) is 2.34. The summed E-state index contributed by atoms with van der Waals surface area (Å²) >= 11 is 0. The smallest absolute Gasteiger partial charge is 0.408 e. The van der Waals surface area contributed by atoms with Crippen molar-refractivity contribution in [2.24, 2.45) is 0 Å². The third-order valence-electron chi connectivity index (χ3n) is 1.50. The van der Waals surface area contributed by atoms with Crippen molar-refractivity contribution in [1.29, 1.82) is 0 Å². The fourth-order valence-electron chi connectivity index (χ4n) is 0.848. The normalized spacial score (nSPS) is 10.8. The second kappa shape index (κ2) is 6.25. The number of carbonyl (C=O) groups excluding carboxylic acids is 2. The molecule has 0 aliphatic rings. The minimum atomic E-state index is -0.653. The molecule has 0 aromatic carbocycles. The van der Waals surface area contributed by atoms with Gasteiger partial charge in [0.05, 0.1) is 12.4 Å². The Morgan fingerprint density at radius 1 is 1.31 bits per heavy atom. The summed E-state index contributed by atoms with van der Waals surface area (Å²) in [7, 11) is 0. The van der Waals surface area contributed by atoms with Gasteiger partial charge in [0.1, 0.15) is 5.60 Å². The van der Waals surface area contributed by atoms with E-state index in [4.69, 9.17) is 4.74 Å². The van der Waals surface area contributed by atoms with Crippen molar-refractivity contribution < 1.29 is 18.7 Å². The number of ether oxygens (including phenoxy) is 1. The Balaban J connectivity index is 3.76. The summed E-state index contributed by atoms with van der Waals surface area (Å²) in [6.07, 6.45) is -0.625. The highest BCUT2D eigenvalue weighted by Crippen LogP contribution is 2.06. The van der Waals surface area contributed by atoms with Crippen molar-refractivity contribution >= 4 is 11.9 Å². The molecular formula is C11H18FNO3. The van der Waals surface area contributed by atoms with Crippen molar-refractivity contribution in [2.45, 2.75) is 39.2 Å². The topological polar surface area (TPSA) is 55.4 Å². The Bertz CT molecular complexity index is 281. The number of Topliss-reactive ketones (excluding diaryl/α,β-unsaturated/α-hetero) is 1. The van der Waals surface area contributed by atoms with Crippen LogP contribution in [-0.4, -0.2) is 24.0 Å². The second-order valence-electron chi connectivity index (χ2n) is 4.41. The van der Waals surface area contributed by atoms with Gasteiger partial charge in [0, 0.05) is 12.8 Å². The predicted molar refractivity (Wildman–Crippen MR) is 58.7 cm³/mol. The van der Waals surface area contributed by atoms with E-state index in [0.717, 1.165) is 0 Å². The summed E-state index contributed by atoms with van der Waals surface area (Å²) < 4.78 is 17.1. The first kappa shape index (κ1) is 14.6. The molecule has 1 amide bonds. The third-order valence-corrected chi connectivity index (χ3v) is 1.50. The fourth-order valence-corrected chi connectivity index (χ4v) is 0.848. The molecule has 0 fully saturated rings. The van der Waals surface area contributed by atoms with Gasteiger partial charge in [-0.2, -0.15) is 0 Å². The van der Waals surface area contributed by atoms with Gasteiger partial charge in [-0.05, 0) is 20.8 Å². The maximum atomic E-state index is 12.2. The molecule has 0 saturated heterocycles. The first-order valence-corrected chi connectivity index (χ1v) is 5.02. The van der Waals surface area contributed by atoms with Gasteiger partial charge < -0.3 is 10.1 Å². The van der Waals surface area contributed by atoms with Gasteiger partial charge in [0.15, 0.2) is 5.78 Å². The minimum absolute atomic E-state index is 0.00513. The molecule has 0 aliphatic heterocycles. The van der Waals surface area contributed by atoms with E-state index in [0.29, 0.717) is 0 Å². The number of rotatable bonds is 5. The number of nitrogens with one attached hydrogen (secondary N) is 1. The van der Waals surface area contributed by atoms with Crippen LogP contribution < -0.4 is 5.32 Å². The Hall–Kier alpha value is -1.39. The summed E-state index contributed by atoms with van der Waals surface area (Å²) in [5, 5.41) is 2.30. The van der Waals surface area contributed by atoms with Gasteiger partial charge >= 0.3 is 6.09 Å². The van der Waals surface area contributed by atoms with Gasteiger partial charge in [-0.25, -0.2) is 9.18 Å². The molecule has 0 spiro atoms. The molecule has 0 aliphatic carbocycles. The van der Waals surface area contributed by atoms with Gasteiger partial charge in [-0.15, -0.1) is 0 Å². The van der Waals surface area contributed by atoms with Crippen LogP contribution in [-0.2, 0) is 9.53 Å². The summed E-state index contributed by atoms with van der Waals surface area (Å²) in [6.45, 7) is 8.06. The molecule has 0 heterocycles. The van der Waals surface area contributed by atoms with Crippen molar-refractivity contribution in [3.63, 3.8) is 0 Å². The molecule has 4 nitrogen and oxygen atoms in total. The van der Waals surface area contributed by atoms with Crippen LogP contribution in [0.5, 0.6) is 0 Å². The van der Waals surface area contributed by atoms with Crippen molar-refractivity contribution in [1.82, 2.24) is 5.32 Å². The number of hydrogen-bond acceptors (Lipinski definition) is 3. The van der Waals surface area contributed by atoms with Crippen molar-refractivity contribution in [2.75, 3.05) is 6.54 Å². The highest BCUT2D eigenvalue weighted by atomic mass is 19.1. The Labute approximate surface area is 94.9 Å². The lowest BCUT2D eigenvalue weighted by Crippen LogP contribution is -2.35. The fraction of sp³-hybridized carbons (Fsp3) is 0.636. The van der Waals surface area contributed by atoms with E-state index in [9.17, 15) is 14.0 Å². The number of ketones is 1. The zero-order chi connectivity index (χ0) is 12.8. The first-order valence-electron chi connectivity index (χ1n) is 5.02. The molecular weight excluding hydrogens is 213 g/mol. The summed E-state index contributed by atoms with van der Waals surface area (Å²) in [4.78, 5) is 22.3. The van der Waals surface area contributed by atoms with E-state index in [2.05, 4.69) is 11.9 Å². The van der Waals surface area contributed by atoms with Crippen LogP contribution in [0.4, 0.5) is 9.18 Å². The maximum absolute atomic E-state index is 12.2. The number of hydrogen-bond donors (Lipinski definition) is 1. The zero-order valence-electron chi connectivity index (χ0n) is 9.93. The van der Waals surface area contributed by atoms with E-state index >= 15 is 0 Å². The number of allylic oxidation sites excluding steroid dienone is 1. The molecule has 0 aromatic rings. The van der Waals surface area contributed by atoms with E-state index in [1.54, 1.807) is 20.8 Å². The minimum Gasteiger partial charge on any atom is -0.444 e. The highest BCUT2D eigenvalue weighted by Gasteiger charge is 2.16. The largest absolute Gasteiger partial charge is 0.444 e. The standard InChI is InChI=1S/C11H18FNO3/c1-8(12)5-6-9(14)7-13-10(15)16-11(2,3)4/h1,5-7H2,2-4H3,(H,13,15).